The Bertz CT molecular complexity index is 997. The van der Waals surface area contributed by atoms with Gasteiger partial charge in [0.05, 0.1) is 0 Å². The van der Waals surface area contributed by atoms with Crippen LogP contribution in [0.2, 0.25) is 5.02 Å². The van der Waals surface area contributed by atoms with Crippen molar-refractivity contribution >= 4 is 34.8 Å². The molecule has 1 fully saturated rings. The first-order chi connectivity index (χ1) is 14.4. The third kappa shape index (κ3) is 3.81. The molecule has 156 valence electrons. The van der Waals surface area contributed by atoms with E-state index in [0.29, 0.717) is 23.4 Å². The molecule has 5 nitrogen and oxygen atoms in total. The van der Waals surface area contributed by atoms with E-state index in [-0.39, 0.29) is 18.2 Å². The molecule has 1 heterocycles. The summed E-state index contributed by atoms with van der Waals surface area (Å²) in [5.41, 5.74) is -0.434. The van der Waals surface area contributed by atoms with Crippen LogP contribution in [0.3, 0.4) is 0 Å². The standard InChI is InChI=1S/C22H20ClF2N3O2/c23-15-9-7-14(8-10-15)19-21(30)28(22(27-19)11-2-1-3-12-22)13-18(29)26-20-16(24)5-4-6-17(20)25/h4-10H,1-3,11-13H2,(H,26,29). The number of nitrogens with one attached hydrogen (secondary N) is 1. The molecule has 0 bridgehead atoms. The van der Waals surface area contributed by atoms with Gasteiger partial charge in [-0.1, -0.05) is 36.2 Å². The van der Waals surface area contributed by atoms with Crippen LogP contribution < -0.4 is 5.32 Å². The Labute approximate surface area is 177 Å². The largest absolute Gasteiger partial charge is 0.320 e. The van der Waals surface area contributed by atoms with Crippen molar-refractivity contribution in [2.24, 2.45) is 4.99 Å². The van der Waals surface area contributed by atoms with Crippen LogP contribution in [0.15, 0.2) is 47.5 Å². The van der Waals surface area contributed by atoms with Gasteiger partial charge in [0.1, 0.15) is 35.2 Å². The Hall–Kier alpha value is -2.80. The van der Waals surface area contributed by atoms with Crippen molar-refractivity contribution < 1.29 is 18.4 Å². The van der Waals surface area contributed by atoms with Gasteiger partial charge >= 0.3 is 0 Å². The number of hydrogen-bond donors (Lipinski definition) is 1. The summed E-state index contributed by atoms with van der Waals surface area (Å²) in [5, 5.41) is 2.80. The van der Waals surface area contributed by atoms with Crippen molar-refractivity contribution in [2.75, 3.05) is 11.9 Å². The fourth-order valence-electron chi connectivity index (χ4n) is 4.09. The van der Waals surface area contributed by atoms with Gasteiger partial charge in [0.25, 0.3) is 5.91 Å². The third-order valence-corrected chi connectivity index (χ3v) is 5.82. The number of rotatable bonds is 4. The number of aliphatic imine (C=N–C) groups is 1. The molecule has 4 rings (SSSR count). The Balaban J connectivity index is 1.60. The maximum Gasteiger partial charge on any atom is 0.275 e. The van der Waals surface area contributed by atoms with Crippen molar-refractivity contribution in [1.29, 1.82) is 0 Å². The first kappa shape index (κ1) is 20.5. The predicted octanol–water partition coefficient (Wildman–Crippen LogP) is 4.55. The van der Waals surface area contributed by atoms with Crippen LogP contribution in [0.1, 0.15) is 37.7 Å². The van der Waals surface area contributed by atoms with Gasteiger partial charge in [0, 0.05) is 10.6 Å². The van der Waals surface area contributed by atoms with Crippen LogP contribution in [0.25, 0.3) is 0 Å². The van der Waals surface area contributed by atoms with E-state index in [1.165, 1.54) is 11.0 Å². The summed E-state index contributed by atoms with van der Waals surface area (Å²) in [4.78, 5) is 32.0. The maximum atomic E-state index is 13.9. The number of halogens is 3. The molecule has 2 aromatic rings. The minimum absolute atomic E-state index is 0.276. The normalized spacial score (nSPS) is 17.9. The minimum atomic E-state index is -0.874. The molecule has 1 spiro atoms. The molecule has 0 radical (unpaired) electrons. The summed E-state index contributed by atoms with van der Waals surface area (Å²) in [7, 11) is 0. The lowest BCUT2D eigenvalue weighted by Gasteiger charge is -2.38. The number of hydrogen-bond acceptors (Lipinski definition) is 3. The van der Waals surface area contributed by atoms with E-state index in [0.717, 1.165) is 31.4 Å². The first-order valence-corrected chi connectivity index (χ1v) is 10.2. The van der Waals surface area contributed by atoms with Crippen molar-refractivity contribution in [3.8, 4) is 0 Å². The van der Waals surface area contributed by atoms with E-state index in [2.05, 4.69) is 5.32 Å². The number of carbonyl (C=O) groups is 2. The van der Waals surface area contributed by atoms with Gasteiger partial charge in [-0.05, 0) is 49.9 Å². The Morgan fingerprint density at radius 2 is 1.70 bits per heavy atom. The summed E-state index contributed by atoms with van der Waals surface area (Å²) in [5.74, 6) is -2.80. The maximum absolute atomic E-state index is 13.9. The fourth-order valence-corrected chi connectivity index (χ4v) is 4.21. The van der Waals surface area contributed by atoms with Crippen molar-refractivity contribution in [2.45, 2.75) is 37.8 Å². The van der Waals surface area contributed by atoms with Crippen molar-refractivity contribution in [3.63, 3.8) is 0 Å². The van der Waals surface area contributed by atoms with Crippen molar-refractivity contribution in [3.05, 3.63) is 64.7 Å². The van der Waals surface area contributed by atoms with Crippen LogP contribution in [0, 0.1) is 11.6 Å². The molecule has 1 saturated carbocycles. The summed E-state index contributed by atoms with van der Waals surface area (Å²) < 4.78 is 27.8. The second kappa shape index (κ2) is 8.14. The molecule has 30 heavy (non-hydrogen) atoms. The van der Waals surface area contributed by atoms with Gasteiger partial charge in [0.15, 0.2) is 0 Å². The minimum Gasteiger partial charge on any atom is -0.320 e. The summed E-state index contributed by atoms with van der Waals surface area (Å²) >= 11 is 5.95. The van der Waals surface area contributed by atoms with E-state index in [4.69, 9.17) is 16.6 Å². The first-order valence-electron chi connectivity index (χ1n) is 9.81. The van der Waals surface area contributed by atoms with Gasteiger partial charge in [-0.2, -0.15) is 0 Å². The lowest BCUT2D eigenvalue weighted by molar-refractivity contribution is -0.134. The topological polar surface area (TPSA) is 61.8 Å². The lowest BCUT2D eigenvalue weighted by atomic mass is 9.88. The summed E-state index contributed by atoms with van der Waals surface area (Å²) in [6.07, 6.45) is 4.06. The second-order valence-corrected chi connectivity index (χ2v) is 7.98. The average Bonchev–Trinajstić information content (AvgIpc) is 2.98. The van der Waals surface area contributed by atoms with Crippen LogP contribution in [-0.2, 0) is 9.59 Å². The molecule has 0 saturated heterocycles. The number of anilines is 1. The molecule has 2 aliphatic rings. The summed E-state index contributed by atoms with van der Waals surface area (Å²) in [6.45, 7) is -0.340. The molecule has 0 aromatic heterocycles. The highest BCUT2D eigenvalue weighted by Crippen LogP contribution is 2.39. The second-order valence-electron chi connectivity index (χ2n) is 7.55. The number of nitrogens with zero attached hydrogens (tertiary/aromatic N) is 2. The van der Waals surface area contributed by atoms with Gasteiger partial charge in [-0.15, -0.1) is 0 Å². The number of amides is 2. The highest BCUT2D eigenvalue weighted by atomic mass is 35.5. The highest BCUT2D eigenvalue weighted by molar-refractivity contribution is 6.47. The molecule has 0 unspecified atom stereocenters. The quantitative estimate of drug-likeness (QED) is 0.772. The van der Waals surface area contributed by atoms with E-state index in [1.54, 1.807) is 24.3 Å². The molecular weight excluding hydrogens is 412 g/mol. The number of para-hydroxylation sites is 1. The molecule has 2 amide bonds. The van der Waals surface area contributed by atoms with E-state index in [1.807, 2.05) is 0 Å². The molecule has 1 N–H and O–H groups in total. The monoisotopic (exact) mass is 431 g/mol. The molecule has 8 heteroatoms. The zero-order valence-electron chi connectivity index (χ0n) is 16.1. The van der Waals surface area contributed by atoms with Gasteiger partial charge < -0.3 is 10.2 Å². The Morgan fingerprint density at radius 3 is 2.33 bits per heavy atom. The Morgan fingerprint density at radius 1 is 1.07 bits per heavy atom. The Kier molecular flexibility index (Phi) is 5.56. The molecular formula is C22H20ClF2N3O2. The van der Waals surface area contributed by atoms with Gasteiger partial charge in [-0.25, -0.2) is 8.78 Å². The van der Waals surface area contributed by atoms with E-state index < -0.39 is 28.9 Å². The predicted molar refractivity (Wildman–Crippen MR) is 111 cm³/mol. The fraction of sp³-hybridized carbons (Fsp3) is 0.318. The van der Waals surface area contributed by atoms with Crippen molar-refractivity contribution in [1.82, 2.24) is 4.90 Å². The summed E-state index contributed by atoms with van der Waals surface area (Å²) in [6, 6.07) is 10.1. The van der Waals surface area contributed by atoms with Crippen LogP contribution in [0.5, 0.6) is 0 Å². The number of carbonyl (C=O) groups excluding carboxylic acids is 2. The van der Waals surface area contributed by atoms with Crippen LogP contribution in [-0.4, -0.2) is 34.6 Å². The SMILES string of the molecule is O=C(CN1C(=O)C(c2ccc(Cl)cc2)=NC12CCCCC2)Nc1c(F)cccc1F. The smallest absolute Gasteiger partial charge is 0.275 e. The van der Waals surface area contributed by atoms with E-state index >= 15 is 0 Å². The van der Waals surface area contributed by atoms with E-state index in [9.17, 15) is 18.4 Å². The zero-order chi connectivity index (χ0) is 21.3. The zero-order valence-corrected chi connectivity index (χ0v) is 16.9. The molecule has 1 aliphatic heterocycles. The van der Waals surface area contributed by atoms with Gasteiger partial charge in [-0.3, -0.25) is 14.6 Å². The number of benzene rings is 2. The lowest BCUT2D eigenvalue weighted by Crippen LogP contribution is -2.51. The molecule has 2 aromatic carbocycles. The molecule has 0 atom stereocenters. The van der Waals surface area contributed by atoms with Gasteiger partial charge in [0.2, 0.25) is 5.91 Å². The highest BCUT2D eigenvalue weighted by Gasteiger charge is 2.48. The molecule has 1 aliphatic carbocycles. The van der Waals surface area contributed by atoms with Crippen LogP contribution in [0.4, 0.5) is 14.5 Å². The third-order valence-electron chi connectivity index (χ3n) is 5.57. The van der Waals surface area contributed by atoms with Crippen LogP contribution >= 0.6 is 11.6 Å². The average molecular weight is 432 g/mol.